The molecule has 0 radical (unpaired) electrons. The van der Waals surface area contributed by atoms with Crippen LogP contribution >= 0.6 is 22.9 Å². The van der Waals surface area contributed by atoms with Crippen LogP contribution in [0.3, 0.4) is 0 Å². The zero-order valence-electron chi connectivity index (χ0n) is 14.8. The summed E-state index contributed by atoms with van der Waals surface area (Å²) in [4.78, 5) is 14.7. The van der Waals surface area contributed by atoms with Crippen molar-refractivity contribution in [2.24, 2.45) is 5.92 Å². The highest BCUT2D eigenvalue weighted by Gasteiger charge is 2.31. The van der Waals surface area contributed by atoms with Gasteiger partial charge in [-0.3, -0.25) is 9.69 Å². The van der Waals surface area contributed by atoms with Crippen LogP contribution in [0.1, 0.15) is 29.3 Å². The number of aliphatic carboxylic acids is 1. The van der Waals surface area contributed by atoms with E-state index >= 15 is 0 Å². The van der Waals surface area contributed by atoms with Gasteiger partial charge in [-0.2, -0.15) is 0 Å². The van der Waals surface area contributed by atoms with E-state index in [9.17, 15) is 9.90 Å². The normalized spacial score (nSPS) is 17.0. The van der Waals surface area contributed by atoms with Gasteiger partial charge in [0.05, 0.1) is 30.5 Å². The van der Waals surface area contributed by atoms with Crippen LogP contribution in [-0.2, 0) is 4.79 Å². The predicted molar refractivity (Wildman–Crippen MR) is 103 cm³/mol. The van der Waals surface area contributed by atoms with Gasteiger partial charge in [-0.25, -0.2) is 0 Å². The van der Waals surface area contributed by atoms with Crippen molar-refractivity contribution < 1.29 is 19.4 Å². The van der Waals surface area contributed by atoms with Crippen molar-refractivity contribution in [3.8, 4) is 11.5 Å². The topological polar surface area (TPSA) is 59.0 Å². The number of thiophene rings is 1. The lowest BCUT2D eigenvalue weighted by Crippen LogP contribution is -2.39. The van der Waals surface area contributed by atoms with Crippen LogP contribution in [0.2, 0.25) is 4.34 Å². The maximum absolute atomic E-state index is 11.3. The summed E-state index contributed by atoms with van der Waals surface area (Å²) >= 11 is 7.73. The number of piperidine rings is 1. The van der Waals surface area contributed by atoms with E-state index in [0.29, 0.717) is 24.3 Å². The molecule has 1 N–H and O–H groups in total. The highest BCUT2D eigenvalue weighted by atomic mass is 35.5. The quantitative estimate of drug-likeness (QED) is 0.789. The Morgan fingerprint density at radius 2 is 1.88 bits per heavy atom. The first kappa shape index (κ1) is 19.0. The highest BCUT2D eigenvalue weighted by molar-refractivity contribution is 7.16. The Morgan fingerprint density at radius 3 is 2.42 bits per heavy atom. The molecule has 2 heterocycles. The number of halogens is 1. The Hall–Kier alpha value is -1.76. The maximum Gasteiger partial charge on any atom is 0.306 e. The van der Waals surface area contributed by atoms with Crippen LogP contribution in [0.25, 0.3) is 0 Å². The number of benzene rings is 1. The van der Waals surface area contributed by atoms with Gasteiger partial charge in [0.15, 0.2) is 11.5 Å². The molecule has 5 nitrogen and oxygen atoms in total. The number of carboxylic acids is 1. The minimum Gasteiger partial charge on any atom is -0.493 e. The molecule has 1 aliphatic rings. The molecular weight excluding hydrogens is 374 g/mol. The van der Waals surface area contributed by atoms with Crippen molar-refractivity contribution in [1.29, 1.82) is 0 Å². The minimum absolute atomic E-state index is 0.0158. The van der Waals surface area contributed by atoms with Gasteiger partial charge >= 0.3 is 5.97 Å². The predicted octanol–water partition coefficient (Wildman–Crippen LogP) is 4.30. The number of methoxy groups -OCH3 is 2. The molecule has 26 heavy (non-hydrogen) atoms. The zero-order chi connectivity index (χ0) is 18.7. The molecule has 1 atom stereocenters. The summed E-state index contributed by atoms with van der Waals surface area (Å²) in [5, 5.41) is 9.26. The number of carboxylic acid groups (broad SMARTS) is 1. The molecule has 0 aliphatic carbocycles. The molecule has 1 saturated heterocycles. The Balaban J connectivity index is 1.93. The second-order valence-electron chi connectivity index (χ2n) is 6.31. The lowest BCUT2D eigenvalue weighted by atomic mass is 9.93. The molecule has 3 rings (SSSR count). The second-order valence-corrected chi connectivity index (χ2v) is 8.05. The van der Waals surface area contributed by atoms with E-state index in [1.807, 2.05) is 30.3 Å². The maximum atomic E-state index is 11.3. The summed E-state index contributed by atoms with van der Waals surface area (Å²) < 4.78 is 11.5. The summed E-state index contributed by atoms with van der Waals surface area (Å²) in [5.41, 5.74) is 1.08. The first-order valence-corrected chi connectivity index (χ1v) is 9.67. The minimum atomic E-state index is -0.702. The van der Waals surface area contributed by atoms with Crippen molar-refractivity contribution in [3.05, 3.63) is 45.1 Å². The molecule has 0 spiro atoms. The summed E-state index contributed by atoms with van der Waals surface area (Å²) in [6.45, 7) is 1.46. The van der Waals surface area contributed by atoms with E-state index in [1.54, 1.807) is 25.6 Å². The average molecular weight is 396 g/mol. The smallest absolute Gasteiger partial charge is 0.306 e. The summed E-state index contributed by atoms with van der Waals surface area (Å²) in [6, 6.07) is 9.88. The summed E-state index contributed by atoms with van der Waals surface area (Å²) in [5.74, 6) is 0.401. The Labute approximate surface area is 162 Å². The molecular formula is C19H22ClNO4S. The fourth-order valence-corrected chi connectivity index (χ4v) is 4.68. The fourth-order valence-electron chi connectivity index (χ4n) is 3.46. The Kier molecular flexibility index (Phi) is 6.06. The van der Waals surface area contributed by atoms with Gasteiger partial charge in [0, 0.05) is 4.88 Å². The molecule has 1 fully saturated rings. The van der Waals surface area contributed by atoms with Gasteiger partial charge in [0.25, 0.3) is 0 Å². The van der Waals surface area contributed by atoms with E-state index in [0.717, 1.165) is 27.9 Å². The zero-order valence-corrected chi connectivity index (χ0v) is 16.3. The van der Waals surface area contributed by atoms with Crippen LogP contribution in [-0.4, -0.2) is 43.3 Å². The van der Waals surface area contributed by atoms with Gasteiger partial charge in [0.2, 0.25) is 0 Å². The third-order valence-corrected chi connectivity index (χ3v) is 6.11. The standard InChI is InChI=1S/C19H22ClNO4S/c1-24-14-4-3-13(11-15(14)25-2)18(16-5-6-17(20)26-16)21-9-7-12(8-10-21)19(22)23/h3-6,11-12,18H,7-10H2,1-2H3,(H,22,23). The monoisotopic (exact) mass is 395 g/mol. The van der Waals surface area contributed by atoms with Crippen molar-refractivity contribution in [1.82, 2.24) is 4.90 Å². The van der Waals surface area contributed by atoms with E-state index in [1.165, 1.54) is 0 Å². The number of rotatable bonds is 6. The largest absolute Gasteiger partial charge is 0.493 e. The van der Waals surface area contributed by atoms with Crippen molar-refractivity contribution in [3.63, 3.8) is 0 Å². The van der Waals surface area contributed by atoms with Gasteiger partial charge < -0.3 is 14.6 Å². The van der Waals surface area contributed by atoms with E-state index in [4.69, 9.17) is 21.1 Å². The van der Waals surface area contributed by atoms with Crippen molar-refractivity contribution in [2.45, 2.75) is 18.9 Å². The summed E-state index contributed by atoms with van der Waals surface area (Å²) in [6.07, 6.45) is 1.30. The third kappa shape index (κ3) is 3.98. The van der Waals surface area contributed by atoms with Crippen LogP contribution < -0.4 is 9.47 Å². The van der Waals surface area contributed by atoms with Gasteiger partial charge in [0.1, 0.15) is 0 Å². The Morgan fingerprint density at radius 1 is 1.19 bits per heavy atom. The van der Waals surface area contributed by atoms with Gasteiger partial charge in [-0.1, -0.05) is 17.7 Å². The fraction of sp³-hybridized carbons (Fsp3) is 0.421. The van der Waals surface area contributed by atoms with Crippen molar-refractivity contribution >= 4 is 28.9 Å². The van der Waals surface area contributed by atoms with Crippen LogP contribution in [0.15, 0.2) is 30.3 Å². The van der Waals surface area contributed by atoms with E-state index < -0.39 is 5.97 Å². The van der Waals surface area contributed by atoms with Crippen LogP contribution in [0, 0.1) is 5.92 Å². The number of likely N-dealkylation sites (tertiary alicyclic amines) is 1. The molecule has 7 heteroatoms. The molecule has 1 aromatic carbocycles. The highest BCUT2D eigenvalue weighted by Crippen LogP contribution is 2.40. The molecule has 0 saturated carbocycles. The van der Waals surface area contributed by atoms with Gasteiger partial charge in [-0.05, 0) is 55.8 Å². The second kappa shape index (κ2) is 8.29. The molecule has 0 bridgehead atoms. The first-order chi connectivity index (χ1) is 12.5. The first-order valence-electron chi connectivity index (χ1n) is 8.47. The third-order valence-electron chi connectivity index (χ3n) is 4.83. The number of nitrogens with zero attached hydrogens (tertiary/aromatic N) is 1. The van der Waals surface area contributed by atoms with Crippen LogP contribution in [0.4, 0.5) is 0 Å². The van der Waals surface area contributed by atoms with Gasteiger partial charge in [-0.15, -0.1) is 11.3 Å². The van der Waals surface area contributed by atoms with E-state index in [2.05, 4.69) is 4.90 Å². The number of hydrogen-bond donors (Lipinski definition) is 1. The molecule has 1 aliphatic heterocycles. The average Bonchev–Trinajstić information content (AvgIpc) is 3.08. The molecule has 1 unspecified atom stereocenters. The lowest BCUT2D eigenvalue weighted by molar-refractivity contribution is -0.143. The molecule has 0 amide bonds. The van der Waals surface area contributed by atoms with Crippen molar-refractivity contribution in [2.75, 3.05) is 27.3 Å². The molecule has 140 valence electrons. The molecule has 2 aromatic rings. The van der Waals surface area contributed by atoms with Crippen LogP contribution in [0.5, 0.6) is 11.5 Å². The van der Waals surface area contributed by atoms with E-state index in [-0.39, 0.29) is 12.0 Å². The summed E-state index contributed by atoms with van der Waals surface area (Å²) in [7, 11) is 3.24. The lowest BCUT2D eigenvalue weighted by Gasteiger charge is -2.36. The number of carbonyl (C=O) groups is 1. The SMILES string of the molecule is COc1ccc(C(c2ccc(Cl)s2)N2CCC(C(=O)O)CC2)cc1OC. The Bertz CT molecular complexity index is 771. The number of ether oxygens (including phenoxy) is 2. The number of hydrogen-bond acceptors (Lipinski definition) is 5. The molecule has 1 aromatic heterocycles.